The van der Waals surface area contributed by atoms with Gasteiger partial charge < -0.3 is 10.2 Å². The van der Waals surface area contributed by atoms with E-state index < -0.39 is 6.04 Å². The van der Waals surface area contributed by atoms with Gasteiger partial charge in [-0.05, 0) is 48.3 Å². The lowest BCUT2D eigenvalue weighted by Crippen LogP contribution is -2.49. The van der Waals surface area contributed by atoms with Crippen molar-refractivity contribution in [3.8, 4) is 0 Å². The summed E-state index contributed by atoms with van der Waals surface area (Å²) >= 11 is 0. The van der Waals surface area contributed by atoms with Crippen LogP contribution in [0.4, 0.5) is 0 Å². The van der Waals surface area contributed by atoms with Crippen LogP contribution < -0.4 is 5.32 Å². The van der Waals surface area contributed by atoms with Crippen LogP contribution in [-0.4, -0.2) is 29.3 Å². The Morgan fingerprint density at radius 2 is 1.55 bits per heavy atom. The number of nitrogens with one attached hydrogen (secondary N) is 1. The summed E-state index contributed by atoms with van der Waals surface area (Å²) < 4.78 is 0. The van der Waals surface area contributed by atoms with Crippen molar-refractivity contribution in [3.63, 3.8) is 0 Å². The molecule has 0 aliphatic heterocycles. The highest BCUT2D eigenvalue weighted by atomic mass is 16.2. The van der Waals surface area contributed by atoms with Gasteiger partial charge in [0, 0.05) is 19.5 Å². The van der Waals surface area contributed by atoms with E-state index in [2.05, 4.69) is 69.4 Å². The number of benzene rings is 2. The molecule has 0 aliphatic rings. The van der Waals surface area contributed by atoms with Gasteiger partial charge in [-0.2, -0.15) is 0 Å². The Kier molecular flexibility index (Phi) is 10.1. The molecule has 180 valence electrons. The molecule has 0 bridgehead atoms. The molecule has 0 radical (unpaired) electrons. The van der Waals surface area contributed by atoms with Gasteiger partial charge in [-0.25, -0.2) is 0 Å². The lowest BCUT2D eigenvalue weighted by atomic mass is 9.86. The SMILES string of the molecule is CCCCNC(=O)[C@@H](CC)N(Cc1ccc(C)cc1)C(=O)CCc1ccc(C(C)(C)C)cc1. The summed E-state index contributed by atoms with van der Waals surface area (Å²) in [5.41, 5.74) is 4.77. The lowest BCUT2D eigenvalue weighted by molar-refractivity contribution is -0.141. The maximum absolute atomic E-state index is 13.4. The average molecular weight is 451 g/mol. The molecule has 0 aliphatic carbocycles. The van der Waals surface area contributed by atoms with E-state index in [1.54, 1.807) is 4.90 Å². The van der Waals surface area contributed by atoms with Crippen molar-refractivity contribution < 1.29 is 9.59 Å². The van der Waals surface area contributed by atoms with Crippen LogP contribution in [0.5, 0.6) is 0 Å². The standard InChI is InChI=1S/C29H42N2O2/c1-7-9-20-30-28(33)26(8-2)31(21-24-12-10-22(3)11-13-24)27(32)19-16-23-14-17-25(18-15-23)29(4,5)6/h10-15,17-18,26H,7-9,16,19-21H2,1-6H3,(H,30,33)/t26-/m1/s1. The van der Waals surface area contributed by atoms with Crippen LogP contribution in [0, 0.1) is 6.92 Å². The fraction of sp³-hybridized carbons (Fsp3) is 0.517. The first-order valence-corrected chi connectivity index (χ1v) is 12.4. The second-order valence-corrected chi connectivity index (χ2v) is 10.0. The minimum atomic E-state index is -0.459. The summed E-state index contributed by atoms with van der Waals surface area (Å²) in [6, 6.07) is 16.3. The molecule has 1 atom stereocenters. The minimum absolute atomic E-state index is 0.0213. The zero-order valence-corrected chi connectivity index (χ0v) is 21.4. The molecule has 33 heavy (non-hydrogen) atoms. The third-order valence-electron chi connectivity index (χ3n) is 6.14. The molecule has 0 spiro atoms. The largest absolute Gasteiger partial charge is 0.354 e. The summed E-state index contributed by atoms with van der Waals surface area (Å²) in [6.45, 7) is 13.8. The van der Waals surface area contributed by atoms with Gasteiger partial charge in [0.25, 0.3) is 0 Å². The highest BCUT2D eigenvalue weighted by Gasteiger charge is 2.28. The highest BCUT2D eigenvalue weighted by Crippen LogP contribution is 2.23. The van der Waals surface area contributed by atoms with Crippen LogP contribution in [0.25, 0.3) is 0 Å². The molecule has 1 N–H and O–H groups in total. The van der Waals surface area contributed by atoms with Crippen molar-refractivity contribution in [1.82, 2.24) is 10.2 Å². The fourth-order valence-corrected chi connectivity index (χ4v) is 3.88. The number of rotatable bonds is 11. The predicted molar refractivity (Wildman–Crippen MR) is 137 cm³/mol. The van der Waals surface area contributed by atoms with Gasteiger partial charge in [0.05, 0.1) is 0 Å². The maximum atomic E-state index is 13.4. The minimum Gasteiger partial charge on any atom is -0.354 e. The monoisotopic (exact) mass is 450 g/mol. The molecule has 0 aromatic heterocycles. The number of amides is 2. The number of carbonyl (C=O) groups is 2. The number of nitrogens with zero attached hydrogens (tertiary/aromatic N) is 1. The Bertz CT molecular complexity index is 879. The van der Waals surface area contributed by atoms with E-state index in [1.165, 1.54) is 11.1 Å². The van der Waals surface area contributed by atoms with E-state index in [0.717, 1.165) is 24.0 Å². The Balaban J connectivity index is 2.15. The Morgan fingerprint density at radius 1 is 0.939 bits per heavy atom. The summed E-state index contributed by atoms with van der Waals surface area (Å²) in [6.07, 6.45) is 3.62. The number of carbonyl (C=O) groups excluding carboxylic acids is 2. The van der Waals surface area contributed by atoms with Crippen LogP contribution in [0.15, 0.2) is 48.5 Å². The number of aryl methyl sites for hydroxylation is 2. The van der Waals surface area contributed by atoms with Gasteiger partial charge in [-0.1, -0.05) is 95.1 Å². The van der Waals surface area contributed by atoms with Crippen molar-refractivity contribution in [1.29, 1.82) is 0 Å². The van der Waals surface area contributed by atoms with Gasteiger partial charge in [-0.15, -0.1) is 0 Å². The lowest BCUT2D eigenvalue weighted by Gasteiger charge is -2.31. The second kappa shape index (κ2) is 12.6. The van der Waals surface area contributed by atoms with Crippen molar-refractivity contribution in [2.75, 3.05) is 6.54 Å². The molecule has 0 saturated carbocycles. The van der Waals surface area contributed by atoms with Gasteiger partial charge in [0.1, 0.15) is 6.04 Å². The van der Waals surface area contributed by atoms with Gasteiger partial charge in [0.2, 0.25) is 11.8 Å². The molecule has 0 saturated heterocycles. The summed E-state index contributed by atoms with van der Waals surface area (Å²) in [4.78, 5) is 28.1. The van der Waals surface area contributed by atoms with E-state index in [-0.39, 0.29) is 17.2 Å². The normalized spacial score (nSPS) is 12.3. The molecule has 0 unspecified atom stereocenters. The first kappa shape index (κ1) is 26.6. The average Bonchev–Trinajstić information content (AvgIpc) is 2.78. The quantitative estimate of drug-likeness (QED) is 0.430. The molecular formula is C29H42N2O2. The first-order valence-electron chi connectivity index (χ1n) is 12.4. The Labute approximate surface area is 200 Å². The summed E-state index contributed by atoms with van der Waals surface area (Å²) in [7, 11) is 0. The molecule has 0 heterocycles. The molecule has 4 heteroatoms. The third-order valence-corrected chi connectivity index (χ3v) is 6.14. The van der Waals surface area contributed by atoms with Crippen LogP contribution in [-0.2, 0) is 28.0 Å². The topological polar surface area (TPSA) is 49.4 Å². The van der Waals surface area contributed by atoms with Crippen LogP contribution in [0.3, 0.4) is 0 Å². The molecule has 4 nitrogen and oxygen atoms in total. The van der Waals surface area contributed by atoms with Crippen LogP contribution >= 0.6 is 0 Å². The van der Waals surface area contributed by atoms with Crippen molar-refractivity contribution >= 4 is 11.8 Å². The Morgan fingerprint density at radius 3 is 2.09 bits per heavy atom. The number of unbranched alkanes of at least 4 members (excludes halogenated alkanes) is 1. The first-order chi connectivity index (χ1) is 15.7. The fourth-order valence-electron chi connectivity index (χ4n) is 3.88. The molecule has 0 fully saturated rings. The van der Waals surface area contributed by atoms with E-state index in [4.69, 9.17) is 0 Å². The Hall–Kier alpha value is -2.62. The molecule has 2 amide bonds. The van der Waals surface area contributed by atoms with Crippen molar-refractivity contribution in [2.45, 2.75) is 91.6 Å². The number of hydrogen-bond acceptors (Lipinski definition) is 2. The molecule has 2 aromatic carbocycles. The summed E-state index contributed by atoms with van der Waals surface area (Å²) in [5, 5.41) is 3.03. The summed E-state index contributed by atoms with van der Waals surface area (Å²) in [5.74, 6) is -0.0334. The number of hydrogen-bond donors (Lipinski definition) is 1. The van der Waals surface area contributed by atoms with Crippen LogP contribution in [0.1, 0.15) is 82.6 Å². The van der Waals surface area contributed by atoms with Crippen molar-refractivity contribution in [2.24, 2.45) is 0 Å². The third kappa shape index (κ3) is 8.34. The highest BCUT2D eigenvalue weighted by molar-refractivity contribution is 5.87. The van der Waals surface area contributed by atoms with Gasteiger partial charge in [0.15, 0.2) is 0 Å². The second-order valence-electron chi connectivity index (χ2n) is 10.0. The zero-order valence-electron chi connectivity index (χ0n) is 21.4. The van der Waals surface area contributed by atoms with Gasteiger partial charge >= 0.3 is 0 Å². The van der Waals surface area contributed by atoms with E-state index in [9.17, 15) is 9.59 Å². The van der Waals surface area contributed by atoms with Crippen LogP contribution in [0.2, 0.25) is 0 Å². The van der Waals surface area contributed by atoms with Crippen molar-refractivity contribution in [3.05, 3.63) is 70.8 Å². The zero-order chi connectivity index (χ0) is 24.4. The molecule has 2 rings (SSSR count). The van der Waals surface area contributed by atoms with E-state index in [0.29, 0.717) is 32.4 Å². The predicted octanol–water partition coefficient (Wildman–Crippen LogP) is 5.95. The smallest absolute Gasteiger partial charge is 0.242 e. The molecule has 2 aromatic rings. The van der Waals surface area contributed by atoms with Gasteiger partial charge in [-0.3, -0.25) is 9.59 Å². The molecular weight excluding hydrogens is 408 g/mol. The maximum Gasteiger partial charge on any atom is 0.242 e. The van der Waals surface area contributed by atoms with E-state index >= 15 is 0 Å². The van der Waals surface area contributed by atoms with E-state index in [1.807, 2.05) is 26.0 Å².